The van der Waals surface area contributed by atoms with Crippen LogP contribution in [0.25, 0.3) is 0 Å². The molecule has 6 heteroatoms. The standard InChI is InChI=1S/C7H14N4O2/c1-4-8-9-5-6(12)11(3)7(13)10(5)2/h5-6,12H,4H2,1-3H3. The zero-order valence-corrected chi connectivity index (χ0v) is 8.01. The number of amides is 2. The molecule has 0 saturated carbocycles. The zero-order chi connectivity index (χ0) is 10.0. The molecule has 13 heavy (non-hydrogen) atoms. The smallest absolute Gasteiger partial charge is 0.323 e. The molecule has 0 aromatic heterocycles. The minimum atomic E-state index is -0.896. The van der Waals surface area contributed by atoms with Gasteiger partial charge < -0.3 is 5.11 Å². The molecule has 0 aromatic carbocycles. The zero-order valence-electron chi connectivity index (χ0n) is 8.01. The third kappa shape index (κ3) is 1.62. The predicted octanol–water partition coefficient (Wildman–Crippen LogP) is 0.100. The van der Waals surface area contributed by atoms with Gasteiger partial charge in [0.15, 0.2) is 12.4 Å². The summed E-state index contributed by atoms with van der Waals surface area (Å²) in [5, 5.41) is 17.1. The van der Waals surface area contributed by atoms with E-state index in [4.69, 9.17) is 0 Å². The van der Waals surface area contributed by atoms with Crippen molar-refractivity contribution in [1.82, 2.24) is 9.80 Å². The highest BCUT2D eigenvalue weighted by atomic mass is 16.3. The summed E-state index contributed by atoms with van der Waals surface area (Å²) >= 11 is 0. The second-order valence-corrected chi connectivity index (χ2v) is 2.90. The Labute approximate surface area is 76.8 Å². The lowest BCUT2D eigenvalue weighted by atomic mass is 10.4. The fourth-order valence-electron chi connectivity index (χ4n) is 1.18. The number of hydrogen-bond acceptors (Lipinski definition) is 4. The number of carbonyl (C=O) groups excluding carboxylic acids is 1. The summed E-state index contributed by atoms with van der Waals surface area (Å²) in [5.74, 6) is 0. The van der Waals surface area contributed by atoms with Crippen LogP contribution in [0.4, 0.5) is 4.79 Å². The van der Waals surface area contributed by atoms with Gasteiger partial charge in [0, 0.05) is 14.1 Å². The predicted molar refractivity (Wildman–Crippen MR) is 46.1 cm³/mol. The van der Waals surface area contributed by atoms with Crippen LogP contribution in [-0.2, 0) is 0 Å². The summed E-state index contributed by atoms with van der Waals surface area (Å²) in [6, 6.07) is -0.243. The summed E-state index contributed by atoms with van der Waals surface area (Å²) in [6.07, 6.45) is -1.47. The third-order valence-corrected chi connectivity index (χ3v) is 2.01. The number of rotatable bonds is 2. The van der Waals surface area contributed by atoms with E-state index in [1.807, 2.05) is 6.92 Å². The van der Waals surface area contributed by atoms with Gasteiger partial charge >= 0.3 is 6.03 Å². The van der Waals surface area contributed by atoms with Crippen LogP contribution in [0.5, 0.6) is 0 Å². The molecule has 2 amide bonds. The molecule has 1 heterocycles. The molecular formula is C7H14N4O2. The Bertz CT molecular complexity index is 231. The fraction of sp³-hybridized carbons (Fsp3) is 0.857. The normalized spacial score (nSPS) is 29.4. The number of nitrogens with zero attached hydrogens (tertiary/aromatic N) is 4. The van der Waals surface area contributed by atoms with Crippen molar-refractivity contribution < 1.29 is 9.90 Å². The van der Waals surface area contributed by atoms with Crippen molar-refractivity contribution in [2.75, 3.05) is 20.6 Å². The van der Waals surface area contributed by atoms with Crippen molar-refractivity contribution in [2.24, 2.45) is 10.2 Å². The Kier molecular flexibility index (Phi) is 2.82. The average Bonchev–Trinajstić information content (AvgIpc) is 2.30. The van der Waals surface area contributed by atoms with Gasteiger partial charge in [0.05, 0.1) is 6.54 Å². The summed E-state index contributed by atoms with van der Waals surface area (Å²) < 4.78 is 0. The summed E-state index contributed by atoms with van der Waals surface area (Å²) in [7, 11) is 3.12. The SMILES string of the molecule is CCN=NC1C(O)N(C)C(=O)N1C. The fourth-order valence-corrected chi connectivity index (χ4v) is 1.18. The Morgan fingerprint density at radius 3 is 2.46 bits per heavy atom. The van der Waals surface area contributed by atoms with Crippen LogP contribution in [0, 0.1) is 0 Å². The highest BCUT2D eigenvalue weighted by Crippen LogP contribution is 2.18. The molecule has 2 atom stereocenters. The maximum absolute atomic E-state index is 11.3. The summed E-state index contributed by atoms with van der Waals surface area (Å²) in [5.41, 5.74) is 0. The Hall–Kier alpha value is -1.17. The first-order valence-corrected chi connectivity index (χ1v) is 4.14. The van der Waals surface area contributed by atoms with Gasteiger partial charge in [-0.15, -0.1) is 0 Å². The molecule has 2 unspecified atom stereocenters. The molecule has 1 fully saturated rings. The number of aliphatic hydroxyl groups excluding tert-OH is 1. The summed E-state index contributed by atoms with van der Waals surface area (Å²) in [6.45, 7) is 2.39. The van der Waals surface area contributed by atoms with Crippen LogP contribution < -0.4 is 0 Å². The molecule has 0 aromatic rings. The lowest BCUT2D eigenvalue weighted by Gasteiger charge is -2.14. The number of azo groups is 1. The van der Waals surface area contributed by atoms with Crippen molar-refractivity contribution in [1.29, 1.82) is 0 Å². The van der Waals surface area contributed by atoms with E-state index in [1.165, 1.54) is 16.8 Å². The minimum Gasteiger partial charge on any atom is -0.369 e. The van der Waals surface area contributed by atoms with Gasteiger partial charge in [0.1, 0.15) is 0 Å². The van der Waals surface area contributed by atoms with Gasteiger partial charge in [0.2, 0.25) is 0 Å². The van der Waals surface area contributed by atoms with Crippen molar-refractivity contribution >= 4 is 6.03 Å². The van der Waals surface area contributed by atoms with E-state index in [9.17, 15) is 9.90 Å². The molecule has 6 nitrogen and oxygen atoms in total. The highest BCUT2D eigenvalue weighted by molar-refractivity contribution is 5.76. The molecule has 1 aliphatic rings. The monoisotopic (exact) mass is 186 g/mol. The molecule has 1 rings (SSSR count). The average molecular weight is 186 g/mol. The van der Waals surface area contributed by atoms with Crippen molar-refractivity contribution in [3.8, 4) is 0 Å². The molecule has 0 aliphatic carbocycles. The quantitative estimate of drug-likeness (QED) is 0.621. The Balaban J connectivity index is 2.75. The maximum Gasteiger partial charge on any atom is 0.323 e. The number of carbonyl (C=O) groups is 1. The van der Waals surface area contributed by atoms with Gasteiger partial charge in [-0.2, -0.15) is 10.2 Å². The lowest BCUT2D eigenvalue weighted by molar-refractivity contribution is 0.0479. The van der Waals surface area contributed by atoms with Crippen molar-refractivity contribution in [3.05, 3.63) is 0 Å². The van der Waals surface area contributed by atoms with Crippen LogP contribution in [0.1, 0.15) is 6.92 Å². The second-order valence-electron chi connectivity index (χ2n) is 2.90. The lowest BCUT2D eigenvalue weighted by Crippen LogP contribution is -2.32. The van der Waals surface area contributed by atoms with Gasteiger partial charge in [-0.25, -0.2) is 4.79 Å². The van der Waals surface area contributed by atoms with E-state index in [-0.39, 0.29) is 6.03 Å². The van der Waals surface area contributed by atoms with Crippen LogP contribution in [0.3, 0.4) is 0 Å². The van der Waals surface area contributed by atoms with E-state index in [0.29, 0.717) is 6.54 Å². The van der Waals surface area contributed by atoms with E-state index in [1.54, 1.807) is 7.05 Å². The van der Waals surface area contributed by atoms with Crippen LogP contribution >= 0.6 is 0 Å². The molecule has 0 radical (unpaired) electrons. The van der Waals surface area contributed by atoms with Crippen LogP contribution in [-0.4, -0.2) is 54.0 Å². The van der Waals surface area contributed by atoms with Crippen molar-refractivity contribution in [3.63, 3.8) is 0 Å². The van der Waals surface area contributed by atoms with Gasteiger partial charge in [-0.3, -0.25) is 9.80 Å². The molecule has 0 bridgehead atoms. The van der Waals surface area contributed by atoms with Crippen LogP contribution in [0.15, 0.2) is 10.2 Å². The van der Waals surface area contributed by atoms with Crippen molar-refractivity contribution in [2.45, 2.75) is 19.3 Å². The number of hydrogen-bond donors (Lipinski definition) is 1. The van der Waals surface area contributed by atoms with E-state index in [2.05, 4.69) is 10.2 Å². The van der Waals surface area contributed by atoms with E-state index in [0.717, 1.165) is 0 Å². The number of urea groups is 1. The third-order valence-electron chi connectivity index (χ3n) is 2.01. The van der Waals surface area contributed by atoms with Gasteiger partial charge in [-0.1, -0.05) is 0 Å². The largest absolute Gasteiger partial charge is 0.369 e. The Morgan fingerprint density at radius 2 is 2.08 bits per heavy atom. The topological polar surface area (TPSA) is 68.5 Å². The van der Waals surface area contributed by atoms with Gasteiger partial charge in [0.25, 0.3) is 0 Å². The van der Waals surface area contributed by atoms with E-state index >= 15 is 0 Å². The van der Waals surface area contributed by atoms with Gasteiger partial charge in [-0.05, 0) is 6.92 Å². The maximum atomic E-state index is 11.3. The first-order valence-electron chi connectivity index (χ1n) is 4.14. The minimum absolute atomic E-state index is 0.243. The molecular weight excluding hydrogens is 172 g/mol. The van der Waals surface area contributed by atoms with E-state index < -0.39 is 12.4 Å². The number of aliphatic hydroxyl groups is 1. The molecule has 1 N–H and O–H groups in total. The Morgan fingerprint density at radius 1 is 1.46 bits per heavy atom. The first kappa shape index (κ1) is 9.91. The molecule has 0 spiro atoms. The molecule has 74 valence electrons. The second kappa shape index (κ2) is 3.69. The highest BCUT2D eigenvalue weighted by Gasteiger charge is 2.40. The molecule has 1 aliphatic heterocycles. The summed E-state index contributed by atoms with van der Waals surface area (Å²) in [4.78, 5) is 13.9. The molecule has 1 saturated heterocycles. The number of likely N-dealkylation sites (N-methyl/N-ethyl adjacent to an activating group) is 2. The first-order chi connectivity index (χ1) is 6.09. The van der Waals surface area contributed by atoms with Crippen LogP contribution in [0.2, 0.25) is 0 Å².